The van der Waals surface area contributed by atoms with Crippen LogP contribution in [0.25, 0.3) is 0 Å². The van der Waals surface area contributed by atoms with Gasteiger partial charge in [0, 0.05) is 11.1 Å². The molecule has 6 heteroatoms. The summed E-state index contributed by atoms with van der Waals surface area (Å²) in [5, 5.41) is 5.32. The van der Waals surface area contributed by atoms with E-state index < -0.39 is 17.5 Å². The number of benzene rings is 1. The SMILES string of the molecule is CCC(NC(=O)c1cc(F)ccc1F)c1nc(C)cs1. The highest BCUT2D eigenvalue weighted by Gasteiger charge is 2.19. The van der Waals surface area contributed by atoms with E-state index in [-0.39, 0.29) is 11.6 Å². The molecule has 1 atom stereocenters. The summed E-state index contributed by atoms with van der Waals surface area (Å²) in [5.41, 5.74) is 0.575. The number of hydrogen-bond acceptors (Lipinski definition) is 3. The van der Waals surface area contributed by atoms with Crippen LogP contribution in [0.2, 0.25) is 0 Å². The maximum absolute atomic E-state index is 13.5. The minimum atomic E-state index is -0.742. The average molecular weight is 296 g/mol. The Labute approximate surface area is 119 Å². The normalized spacial score (nSPS) is 12.2. The maximum atomic E-state index is 13.5. The predicted octanol–water partition coefficient (Wildman–Crippen LogP) is 3.61. The van der Waals surface area contributed by atoms with Gasteiger partial charge in [-0.25, -0.2) is 13.8 Å². The van der Waals surface area contributed by atoms with Crippen LogP contribution in [0.3, 0.4) is 0 Å². The monoisotopic (exact) mass is 296 g/mol. The third kappa shape index (κ3) is 3.19. The largest absolute Gasteiger partial charge is 0.343 e. The molecular formula is C14H14F2N2OS. The Hall–Kier alpha value is -1.82. The van der Waals surface area contributed by atoms with E-state index in [1.807, 2.05) is 19.2 Å². The van der Waals surface area contributed by atoms with Gasteiger partial charge in [0.05, 0.1) is 11.6 Å². The number of thiazole rings is 1. The van der Waals surface area contributed by atoms with Crippen molar-refractivity contribution in [1.82, 2.24) is 10.3 Å². The summed E-state index contributed by atoms with van der Waals surface area (Å²) >= 11 is 1.43. The van der Waals surface area contributed by atoms with Gasteiger partial charge in [-0.2, -0.15) is 0 Å². The fourth-order valence-electron chi connectivity index (χ4n) is 1.78. The van der Waals surface area contributed by atoms with E-state index in [9.17, 15) is 13.6 Å². The standard InChI is InChI=1S/C14H14F2N2OS/c1-3-12(14-17-8(2)7-20-14)18-13(19)10-6-9(15)4-5-11(10)16/h4-7,12H,3H2,1-2H3,(H,18,19). The van der Waals surface area contributed by atoms with Crippen molar-refractivity contribution in [3.05, 3.63) is 51.5 Å². The second kappa shape index (κ2) is 6.09. The molecule has 0 saturated heterocycles. The lowest BCUT2D eigenvalue weighted by Crippen LogP contribution is -2.29. The molecule has 1 amide bonds. The summed E-state index contributed by atoms with van der Waals surface area (Å²) in [6.07, 6.45) is 0.621. The Kier molecular flexibility index (Phi) is 4.44. The number of nitrogens with zero attached hydrogens (tertiary/aromatic N) is 1. The first kappa shape index (κ1) is 14.6. The van der Waals surface area contributed by atoms with Crippen LogP contribution in [-0.2, 0) is 0 Å². The van der Waals surface area contributed by atoms with E-state index >= 15 is 0 Å². The summed E-state index contributed by atoms with van der Waals surface area (Å²) in [6.45, 7) is 3.75. The Balaban J connectivity index is 2.19. The fraction of sp³-hybridized carbons (Fsp3) is 0.286. The first-order valence-electron chi connectivity index (χ1n) is 6.19. The first-order chi connectivity index (χ1) is 9.51. The molecule has 0 saturated carbocycles. The molecule has 0 radical (unpaired) electrons. The summed E-state index contributed by atoms with van der Waals surface area (Å²) < 4.78 is 26.6. The lowest BCUT2D eigenvalue weighted by atomic mass is 10.1. The number of carbonyl (C=O) groups is 1. The van der Waals surface area contributed by atoms with Crippen molar-refractivity contribution in [2.75, 3.05) is 0 Å². The Morgan fingerprint density at radius 1 is 1.45 bits per heavy atom. The van der Waals surface area contributed by atoms with Crippen LogP contribution in [0.1, 0.15) is 40.4 Å². The van der Waals surface area contributed by atoms with Crippen LogP contribution in [0.4, 0.5) is 8.78 Å². The number of rotatable bonds is 4. The molecule has 1 aromatic heterocycles. The number of aromatic nitrogens is 1. The molecule has 2 rings (SSSR count). The molecule has 0 fully saturated rings. The minimum Gasteiger partial charge on any atom is -0.343 e. The van der Waals surface area contributed by atoms with Crippen LogP contribution in [0.5, 0.6) is 0 Å². The number of carbonyl (C=O) groups excluding carboxylic acids is 1. The zero-order valence-electron chi connectivity index (χ0n) is 11.1. The van der Waals surface area contributed by atoms with E-state index in [2.05, 4.69) is 10.3 Å². The number of aryl methyl sites for hydroxylation is 1. The van der Waals surface area contributed by atoms with Crippen LogP contribution < -0.4 is 5.32 Å². The van der Waals surface area contributed by atoms with Crippen LogP contribution >= 0.6 is 11.3 Å². The molecule has 2 aromatic rings. The van der Waals surface area contributed by atoms with Gasteiger partial charge in [0.25, 0.3) is 5.91 Å². The third-order valence-corrected chi connectivity index (χ3v) is 3.90. The van der Waals surface area contributed by atoms with Gasteiger partial charge in [-0.3, -0.25) is 4.79 Å². The minimum absolute atomic E-state index is 0.295. The number of amides is 1. The van der Waals surface area contributed by atoms with Crippen LogP contribution in [0.15, 0.2) is 23.6 Å². The molecule has 1 aromatic carbocycles. The van der Waals surface area contributed by atoms with Crippen molar-refractivity contribution in [3.63, 3.8) is 0 Å². The molecule has 106 valence electrons. The number of halogens is 2. The molecule has 20 heavy (non-hydrogen) atoms. The van der Waals surface area contributed by atoms with Crippen LogP contribution in [-0.4, -0.2) is 10.9 Å². The maximum Gasteiger partial charge on any atom is 0.254 e. The van der Waals surface area contributed by atoms with Gasteiger partial charge >= 0.3 is 0 Å². The molecule has 0 aliphatic carbocycles. The fourth-order valence-corrected chi connectivity index (χ4v) is 2.71. The summed E-state index contributed by atoms with van der Waals surface area (Å²) in [4.78, 5) is 16.3. The van der Waals surface area contributed by atoms with Crippen molar-refractivity contribution in [2.24, 2.45) is 0 Å². The smallest absolute Gasteiger partial charge is 0.254 e. The molecular weight excluding hydrogens is 282 g/mol. The second-order valence-electron chi connectivity index (χ2n) is 4.39. The molecule has 3 nitrogen and oxygen atoms in total. The predicted molar refractivity (Wildman–Crippen MR) is 73.7 cm³/mol. The van der Waals surface area contributed by atoms with Gasteiger partial charge in [-0.1, -0.05) is 6.92 Å². The molecule has 1 unspecified atom stereocenters. The molecule has 0 aliphatic rings. The topological polar surface area (TPSA) is 42.0 Å². The first-order valence-corrected chi connectivity index (χ1v) is 7.07. The molecule has 1 N–H and O–H groups in total. The number of nitrogens with one attached hydrogen (secondary N) is 1. The molecule has 0 aliphatic heterocycles. The molecule has 1 heterocycles. The summed E-state index contributed by atoms with van der Waals surface area (Å²) in [7, 11) is 0. The highest BCUT2D eigenvalue weighted by Crippen LogP contribution is 2.21. The zero-order chi connectivity index (χ0) is 14.7. The second-order valence-corrected chi connectivity index (χ2v) is 5.28. The van der Waals surface area contributed by atoms with Gasteiger partial charge < -0.3 is 5.32 Å². The van der Waals surface area contributed by atoms with Crippen molar-refractivity contribution in [2.45, 2.75) is 26.3 Å². The van der Waals surface area contributed by atoms with Crippen molar-refractivity contribution < 1.29 is 13.6 Å². The van der Waals surface area contributed by atoms with Gasteiger partial charge in [-0.05, 0) is 31.5 Å². The van der Waals surface area contributed by atoms with E-state index in [4.69, 9.17) is 0 Å². The molecule has 0 spiro atoms. The van der Waals surface area contributed by atoms with E-state index in [0.29, 0.717) is 6.42 Å². The lowest BCUT2D eigenvalue weighted by molar-refractivity contribution is 0.0931. The van der Waals surface area contributed by atoms with E-state index in [1.54, 1.807) is 0 Å². The van der Waals surface area contributed by atoms with Crippen molar-refractivity contribution >= 4 is 17.2 Å². The Morgan fingerprint density at radius 2 is 2.20 bits per heavy atom. The highest BCUT2D eigenvalue weighted by molar-refractivity contribution is 7.09. The summed E-state index contributed by atoms with van der Waals surface area (Å²) in [6, 6.07) is 2.51. The average Bonchev–Trinajstić information content (AvgIpc) is 2.85. The molecule has 0 bridgehead atoms. The lowest BCUT2D eigenvalue weighted by Gasteiger charge is -2.14. The van der Waals surface area contributed by atoms with E-state index in [1.165, 1.54) is 11.3 Å². The van der Waals surface area contributed by atoms with E-state index in [0.717, 1.165) is 28.9 Å². The van der Waals surface area contributed by atoms with Gasteiger partial charge in [0.15, 0.2) is 0 Å². The van der Waals surface area contributed by atoms with Crippen molar-refractivity contribution in [1.29, 1.82) is 0 Å². The van der Waals surface area contributed by atoms with Gasteiger partial charge in [0.1, 0.15) is 16.6 Å². The Bertz CT molecular complexity index is 627. The third-order valence-electron chi connectivity index (χ3n) is 2.82. The van der Waals surface area contributed by atoms with Gasteiger partial charge in [-0.15, -0.1) is 11.3 Å². The zero-order valence-corrected chi connectivity index (χ0v) is 11.9. The van der Waals surface area contributed by atoms with Crippen LogP contribution in [0, 0.1) is 18.6 Å². The highest BCUT2D eigenvalue weighted by atomic mass is 32.1. The number of hydrogen-bond donors (Lipinski definition) is 1. The van der Waals surface area contributed by atoms with Gasteiger partial charge in [0.2, 0.25) is 0 Å². The Morgan fingerprint density at radius 3 is 2.80 bits per heavy atom. The quantitative estimate of drug-likeness (QED) is 0.936. The van der Waals surface area contributed by atoms with Crippen molar-refractivity contribution in [3.8, 4) is 0 Å². The summed E-state index contributed by atoms with van der Waals surface area (Å²) in [5.74, 6) is -2.02.